The maximum atomic E-state index is 13.3. The molecule has 2 aromatic carbocycles. The Morgan fingerprint density at radius 1 is 1.13 bits per heavy atom. The smallest absolute Gasteiger partial charge is 0.329 e. The van der Waals surface area contributed by atoms with Crippen molar-refractivity contribution in [2.45, 2.75) is 57.3 Å². The molecule has 15 heteroatoms. The van der Waals surface area contributed by atoms with Crippen LogP contribution >= 0.6 is 0 Å². The number of aryl methyl sites for hydroxylation is 2. The summed E-state index contributed by atoms with van der Waals surface area (Å²) in [5.41, 5.74) is 7.68. The number of para-hydroxylation sites is 1. The monoisotopic (exact) mass is 717 g/mol. The molecule has 0 fully saturated rings. The predicted octanol–water partition coefficient (Wildman–Crippen LogP) is 2.13. The number of hydrogen-bond acceptors (Lipinski definition) is 10. The first-order valence-electron chi connectivity index (χ1n) is 17.4. The van der Waals surface area contributed by atoms with Crippen LogP contribution in [0.4, 0.5) is 4.39 Å². The quantitative estimate of drug-likeness (QED) is 0.137. The Bertz CT molecular complexity index is 1910. The number of amidine groups is 1. The number of hydrogen-bond donors (Lipinski definition) is 4. The number of aliphatic imine (C=N–C) groups is 2. The van der Waals surface area contributed by atoms with Crippen molar-refractivity contribution < 1.29 is 23.6 Å². The molecule has 2 aliphatic rings. The highest BCUT2D eigenvalue weighted by atomic mass is 19.1. The Kier molecular flexibility index (Phi) is 14.1. The van der Waals surface area contributed by atoms with Gasteiger partial charge in [-0.05, 0) is 76.5 Å². The minimum absolute atomic E-state index is 0.0918. The van der Waals surface area contributed by atoms with Gasteiger partial charge in [0.15, 0.2) is 5.84 Å². The van der Waals surface area contributed by atoms with Gasteiger partial charge in [0.1, 0.15) is 30.5 Å². The van der Waals surface area contributed by atoms with E-state index in [1.165, 1.54) is 11.5 Å². The molecule has 0 aliphatic carbocycles. The summed E-state index contributed by atoms with van der Waals surface area (Å²) in [6.07, 6.45) is 4.63. The SMILES string of the molecule is CN=C1C=C(c2cccc(C(=O)NCCCCc3cccc4c3n(C)c(=O)n4C(C=O)CCC=O)c2)NN2C1=NCC2C(=O)NCC(C)F.CNC. The van der Waals surface area contributed by atoms with Crippen molar-refractivity contribution in [1.29, 1.82) is 0 Å². The van der Waals surface area contributed by atoms with Crippen LogP contribution in [0.3, 0.4) is 0 Å². The number of unbranched alkanes of at least 4 members (excludes halogenated alkanes) is 1. The van der Waals surface area contributed by atoms with Crippen LogP contribution in [-0.2, 0) is 27.9 Å². The van der Waals surface area contributed by atoms with Crippen molar-refractivity contribution in [3.63, 3.8) is 0 Å². The molecule has 3 unspecified atom stereocenters. The third kappa shape index (κ3) is 9.07. The Morgan fingerprint density at radius 2 is 1.88 bits per heavy atom. The second-order valence-corrected chi connectivity index (χ2v) is 12.6. The molecule has 14 nitrogen and oxygen atoms in total. The second-order valence-electron chi connectivity index (χ2n) is 12.6. The Morgan fingerprint density at radius 3 is 2.58 bits per heavy atom. The Balaban J connectivity index is 0.00000195. The van der Waals surface area contributed by atoms with Crippen molar-refractivity contribution in [3.8, 4) is 0 Å². The van der Waals surface area contributed by atoms with Crippen LogP contribution in [-0.4, -0.2) is 103 Å². The van der Waals surface area contributed by atoms with E-state index >= 15 is 0 Å². The van der Waals surface area contributed by atoms with Gasteiger partial charge in [0.2, 0.25) is 5.91 Å². The van der Waals surface area contributed by atoms with Gasteiger partial charge >= 0.3 is 5.69 Å². The molecule has 0 spiro atoms. The normalized spacial score (nSPS) is 16.8. The number of nitrogens with one attached hydrogen (secondary N) is 4. The topological polar surface area (TPSA) is 171 Å². The summed E-state index contributed by atoms with van der Waals surface area (Å²) in [7, 11) is 7.06. The fraction of sp³-hybridized carbons (Fsp3) is 0.432. The lowest BCUT2D eigenvalue weighted by Crippen LogP contribution is -2.56. The van der Waals surface area contributed by atoms with Gasteiger partial charge in [0.05, 0.1) is 29.3 Å². The Labute approximate surface area is 302 Å². The van der Waals surface area contributed by atoms with Crippen LogP contribution in [0.1, 0.15) is 60.1 Å². The first kappa shape index (κ1) is 39.3. The standard InChI is InChI=1S/C35H41FN8O5.C2H7N/c1-22(36)19-40-34(48)30-20-39-32-28(37-2)18-27(41-44(30)32)24-11-6-12-25(17-24)33(47)38-15-5-4-9-23-10-7-14-29-31(23)42(3)35(49)43(29)26(21-46)13-8-16-45;1-3-2/h6-7,10-12,14,16-18,21-22,26,30,41H,4-5,8-9,13,15,19-20H2,1-3H3,(H,38,47)(H,40,48);3H,1-2H3. The molecule has 2 aliphatic heterocycles. The fourth-order valence-electron chi connectivity index (χ4n) is 6.16. The maximum Gasteiger partial charge on any atom is 0.329 e. The number of benzene rings is 2. The minimum atomic E-state index is -1.17. The zero-order chi connectivity index (χ0) is 37.8. The molecule has 3 atom stereocenters. The average Bonchev–Trinajstić information content (AvgIpc) is 3.69. The molecule has 52 heavy (non-hydrogen) atoms. The van der Waals surface area contributed by atoms with E-state index in [0.29, 0.717) is 59.6 Å². The molecular formula is C37H48FN9O5. The van der Waals surface area contributed by atoms with Gasteiger partial charge in [-0.15, -0.1) is 0 Å². The number of aldehydes is 2. The van der Waals surface area contributed by atoms with E-state index in [1.54, 1.807) is 41.9 Å². The van der Waals surface area contributed by atoms with Crippen LogP contribution in [0.2, 0.25) is 0 Å². The van der Waals surface area contributed by atoms with Gasteiger partial charge in [0, 0.05) is 44.7 Å². The van der Waals surface area contributed by atoms with Crippen LogP contribution in [0, 0.1) is 0 Å². The second kappa shape index (κ2) is 18.7. The molecule has 4 N–H and O–H groups in total. The van der Waals surface area contributed by atoms with E-state index in [4.69, 9.17) is 0 Å². The number of carbonyl (C=O) groups excluding carboxylic acids is 4. The third-order valence-electron chi connectivity index (χ3n) is 8.66. The van der Waals surface area contributed by atoms with Crippen molar-refractivity contribution in [1.82, 2.24) is 35.5 Å². The van der Waals surface area contributed by atoms with Crippen molar-refractivity contribution >= 4 is 52.7 Å². The first-order valence-corrected chi connectivity index (χ1v) is 17.4. The summed E-state index contributed by atoms with van der Waals surface area (Å²) >= 11 is 0. The molecule has 2 amide bonds. The summed E-state index contributed by atoms with van der Waals surface area (Å²) in [6, 6.07) is 11.3. The minimum Gasteiger partial charge on any atom is -0.352 e. The number of hydrazine groups is 1. The Hall–Kier alpha value is -5.44. The van der Waals surface area contributed by atoms with Gasteiger partial charge in [-0.3, -0.25) is 39.1 Å². The van der Waals surface area contributed by atoms with Gasteiger partial charge in [-0.1, -0.05) is 24.3 Å². The van der Waals surface area contributed by atoms with Crippen LogP contribution in [0.5, 0.6) is 0 Å². The summed E-state index contributed by atoms with van der Waals surface area (Å²) in [6.45, 7) is 1.92. The number of amides is 2. The number of rotatable bonds is 15. The van der Waals surface area contributed by atoms with E-state index < -0.39 is 18.3 Å². The van der Waals surface area contributed by atoms with Crippen molar-refractivity contribution in [2.75, 3.05) is 40.8 Å². The molecule has 1 aromatic heterocycles. The zero-order valence-corrected chi connectivity index (χ0v) is 30.3. The van der Waals surface area contributed by atoms with Crippen LogP contribution in [0.15, 0.2) is 63.3 Å². The van der Waals surface area contributed by atoms with Crippen molar-refractivity contribution in [3.05, 3.63) is 75.7 Å². The van der Waals surface area contributed by atoms with E-state index in [0.717, 1.165) is 23.8 Å². The number of halogens is 1. The largest absolute Gasteiger partial charge is 0.352 e. The molecule has 3 heterocycles. The first-order chi connectivity index (χ1) is 25.1. The molecule has 0 saturated carbocycles. The van der Waals surface area contributed by atoms with Crippen LogP contribution in [0.25, 0.3) is 16.7 Å². The summed E-state index contributed by atoms with van der Waals surface area (Å²) in [5.74, 6) is -0.0674. The van der Waals surface area contributed by atoms with Gasteiger partial charge in [0.25, 0.3) is 5.91 Å². The number of nitrogens with zero attached hydrogens (tertiary/aromatic N) is 5. The molecular weight excluding hydrogens is 669 g/mol. The maximum absolute atomic E-state index is 13.3. The van der Waals surface area contributed by atoms with Gasteiger partial charge in [-0.25, -0.2) is 9.18 Å². The number of carbonyl (C=O) groups is 4. The van der Waals surface area contributed by atoms with Crippen molar-refractivity contribution in [2.24, 2.45) is 17.0 Å². The van der Waals surface area contributed by atoms with E-state index in [9.17, 15) is 28.4 Å². The van der Waals surface area contributed by atoms with E-state index in [1.807, 2.05) is 44.4 Å². The summed E-state index contributed by atoms with van der Waals surface area (Å²) < 4.78 is 16.4. The van der Waals surface area contributed by atoms with Gasteiger partial charge in [-0.2, -0.15) is 0 Å². The molecule has 278 valence electrons. The summed E-state index contributed by atoms with van der Waals surface area (Å²) in [4.78, 5) is 70.5. The number of imidazole rings is 1. The number of aromatic nitrogens is 2. The highest BCUT2D eigenvalue weighted by Crippen LogP contribution is 2.24. The number of fused-ring (bicyclic) bond motifs is 2. The lowest BCUT2D eigenvalue weighted by atomic mass is 10.0. The van der Waals surface area contributed by atoms with E-state index in [-0.39, 0.29) is 43.4 Å². The average molecular weight is 718 g/mol. The molecule has 3 aromatic rings. The van der Waals surface area contributed by atoms with E-state index in [2.05, 4.69) is 31.4 Å². The number of alkyl halides is 1. The fourth-order valence-corrected chi connectivity index (χ4v) is 6.16. The lowest BCUT2D eigenvalue weighted by molar-refractivity contribution is -0.125. The highest BCUT2D eigenvalue weighted by molar-refractivity contribution is 6.48. The molecule has 0 bridgehead atoms. The van der Waals surface area contributed by atoms with Crippen LogP contribution < -0.4 is 27.1 Å². The third-order valence-corrected chi connectivity index (χ3v) is 8.66. The highest BCUT2D eigenvalue weighted by Gasteiger charge is 2.38. The lowest BCUT2D eigenvalue weighted by Gasteiger charge is -2.33. The molecule has 0 radical (unpaired) electrons. The summed E-state index contributed by atoms with van der Waals surface area (Å²) in [5, 5.41) is 9.97. The molecule has 5 rings (SSSR count). The molecule has 0 saturated heterocycles. The zero-order valence-electron chi connectivity index (χ0n) is 30.3. The predicted molar refractivity (Wildman–Crippen MR) is 200 cm³/mol. The van der Waals surface area contributed by atoms with Gasteiger partial charge < -0.3 is 25.5 Å².